The lowest BCUT2D eigenvalue weighted by Crippen LogP contribution is -2.41. The van der Waals surface area contributed by atoms with Gasteiger partial charge in [-0.1, -0.05) is 12.1 Å². The molecule has 0 aliphatic carbocycles. The molecule has 2 aliphatic heterocycles. The Hall–Kier alpha value is -2.95. The Bertz CT molecular complexity index is 1000. The number of rotatable bonds is 2. The van der Waals surface area contributed by atoms with Crippen LogP contribution in [0.1, 0.15) is 54.0 Å². The first-order valence-electron chi connectivity index (χ1n) is 9.03. The van der Waals surface area contributed by atoms with E-state index in [1.165, 1.54) is 6.07 Å². The molecule has 0 radical (unpaired) electrons. The van der Waals surface area contributed by atoms with Crippen LogP contribution >= 0.6 is 0 Å². The second-order valence-electron chi connectivity index (χ2n) is 8.00. The summed E-state index contributed by atoms with van der Waals surface area (Å²) in [5.41, 5.74) is 0.850. The standard InChI is InChI=1S/C21H19BN2O4/c1-20(2)21(3,4)28-22(27-20)14-9-13(12-23)10-15(11-14)24-18(25)16-7-5-6-8-17(16)19(24)26/h5-11H,1-4H3. The molecule has 2 amide bonds. The molecule has 6 nitrogen and oxygen atoms in total. The number of hydrogen-bond donors (Lipinski definition) is 0. The molecule has 140 valence electrons. The van der Waals surface area contributed by atoms with Gasteiger partial charge in [0.25, 0.3) is 11.8 Å². The molecule has 0 unspecified atom stereocenters. The van der Waals surface area contributed by atoms with E-state index in [0.717, 1.165) is 4.90 Å². The number of benzene rings is 2. The van der Waals surface area contributed by atoms with E-state index in [9.17, 15) is 14.9 Å². The molecule has 0 bridgehead atoms. The second kappa shape index (κ2) is 6.03. The molecule has 0 atom stereocenters. The van der Waals surface area contributed by atoms with Crippen LogP contribution in [0.5, 0.6) is 0 Å². The van der Waals surface area contributed by atoms with Crippen molar-refractivity contribution in [3.05, 3.63) is 59.2 Å². The number of carbonyl (C=O) groups excluding carboxylic acids is 2. The minimum atomic E-state index is -0.702. The van der Waals surface area contributed by atoms with Gasteiger partial charge in [0.2, 0.25) is 0 Å². The number of anilines is 1. The van der Waals surface area contributed by atoms with E-state index in [1.807, 2.05) is 27.7 Å². The van der Waals surface area contributed by atoms with E-state index in [-0.39, 0.29) is 0 Å². The van der Waals surface area contributed by atoms with Gasteiger partial charge < -0.3 is 9.31 Å². The van der Waals surface area contributed by atoms with Crippen LogP contribution in [-0.4, -0.2) is 30.1 Å². The van der Waals surface area contributed by atoms with Crippen molar-refractivity contribution in [1.82, 2.24) is 0 Å². The average molecular weight is 374 g/mol. The highest BCUT2D eigenvalue weighted by molar-refractivity contribution is 6.62. The van der Waals surface area contributed by atoms with Crippen molar-refractivity contribution < 1.29 is 18.9 Å². The monoisotopic (exact) mass is 374 g/mol. The Kier molecular flexibility index (Phi) is 3.97. The Morgan fingerprint density at radius 3 is 1.96 bits per heavy atom. The summed E-state index contributed by atoms with van der Waals surface area (Å²) in [6, 6.07) is 13.6. The van der Waals surface area contributed by atoms with Crippen LogP contribution in [0.4, 0.5) is 5.69 Å². The summed E-state index contributed by atoms with van der Waals surface area (Å²) in [6.45, 7) is 7.75. The van der Waals surface area contributed by atoms with E-state index in [4.69, 9.17) is 9.31 Å². The molecule has 0 N–H and O–H groups in total. The van der Waals surface area contributed by atoms with Gasteiger partial charge in [0.15, 0.2) is 0 Å². The van der Waals surface area contributed by atoms with Crippen LogP contribution in [0.25, 0.3) is 0 Å². The van der Waals surface area contributed by atoms with Crippen molar-refractivity contribution in [3.63, 3.8) is 0 Å². The summed E-state index contributed by atoms with van der Waals surface area (Å²) in [7, 11) is -0.702. The van der Waals surface area contributed by atoms with Gasteiger partial charge in [-0.2, -0.15) is 5.26 Å². The zero-order chi connectivity index (χ0) is 20.3. The minimum absolute atomic E-state index is 0.318. The number of fused-ring (bicyclic) bond motifs is 1. The quantitative estimate of drug-likeness (QED) is 0.597. The van der Waals surface area contributed by atoms with Gasteiger partial charge in [-0.25, -0.2) is 4.90 Å². The van der Waals surface area contributed by atoms with Crippen LogP contribution < -0.4 is 10.4 Å². The maximum atomic E-state index is 12.8. The second-order valence-corrected chi connectivity index (χ2v) is 8.00. The highest BCUT2D eigenvalue weighted by atomic mass is 16.7. The Morgan fingerprint density at radius 2 is 1.46 bits per heavy atom. The van der Waals surface area contributed by atoms with Crippen LogP contribution in [0.15, 0.2) is 42.5 Å². The highest BCUT2D eigenvalue weighted by Gasteiger charge is 2.52. The maximum absolute atomic E-state index is 12.8. The van der Waals surface area contributed by atoms with Crippen LogP contribution in [0.2, 0.25) is 0 Å². The van der Waals surface area contributed by atoms with Gasteiger partial charge >= 0.3 is 7.12 Å². The predicted octanol–water partition coefficient (Wildman–Crippen LogP) is 2.66. The lowest BCUT2D eigenvalue weighted by Gasteiger charge is -2.32. The van der Waals surface area contributed by atoms with Crippen LogP contribution in [-0.2, 0) is 9.31 Å². The molecule has 4 rings (SSSR count). The third kappa shape index (κ3) is 2.65. The molecule has 2 aromatic rings. The fourth-order valence-electron chi connectivity index (χ4n) is 3.37. The number of hydrogen-bond acceptors (Lipinski definition) is 5. The predicted molar refractivity (Wildman–Crippen MR) is 104 cm³/mol. The summed E-state index contributed by atoms with van der Waals surface area (Å²) in [5.74, 6) is -0.814. The Labute approximate surface area is 163 Å². The fourth-order valence-corrected chi connectivity index (χ4v) is 3.37. The van der Waals surface area contributed by atoms with Crippen molar-refractivity contribution in [2.75, 3.05) is 4.90 Å². The topological polar surface area (TPSA) is 79.6 Å². The molecule has 2 heterocycles. The molecule has 0 spiro atoms. The molecule has 7 heteroatoms. The van der Waals surface area contributed by atoms with Crippen molar-refractivity contribution >= 4 is 30.1 Å². The van der Waals surface area contributed by atoms with Gasteiger partial charge in [0.1, 0.15) is 0 Å². The van der Waals surface area contributed by atoms with Gasteiger partial charge in [-0.3, -0.25) is 9.59 Å². The highest BCUT2D eigenvalue weighted by Crippen LogP contribution is 2.37. The summed E-state index contributed by atoms with van der Waals surface area (Å²) in [4.78, 5) is 26.7. The normalized spacial score (nSPS) is 19.7. The Balaban J connectivity index is 1.77. The summed E-state index contributed by atoms with van der Waals surface area (Å²) < 4.78 is 12.1. The van der Waals surface area contributed by atoms with Crippen molar-refractivity contribution in [2.45, 2.75) is 38.9 Å². The maximum Gasteiger partial charge on any atom is 0.494 e. The van der Waals surface area contributed by atoms with E-state index in [0.29, 0.717) is 27.8 Å². The smallest absolute Gasteiger partial charge is 0.399 e. The first-order valence-corrected chi connectivity index (χ1v) is 9.03. The first kappa shape index (κ1) is 18.4. The average Bonchev–Trinajstić information content (AvgIpc) is 3.04. The number of nitrogens with zero attached hydrogens (tertiary/aromatic N) is 2. The lowest BCUT2D eigenvalue weighted by molar-refractivity contribution is 0.00578. The third-order valence-corrected chi connectivity index (χ3v) is 5.65. The number of amides is 2. The van der Waals surface area contributed by atoms with Gasteiger partial charge in [0, 0.05) is 0 Å². The molecular formula is C21H19BN2O4. The largest absolute Gasteiger partial charge is 0.494 e. The number of nitriles is 1. The first-order chi connectivity index (χ1) is 13.1. The van der Waals surface area contributed by atoms with Crippen molar-refractivity contribution in [2.24, 2.45) is 0 Å². The minimum Gasteiger partial charge on any atom is -0.399 e. The SMILES string of the molecule is CC1(C)OB(c2cc(C#N)cc(N3C(=O)c4ccccc4C3=O)c2)OC1(C)C. The third-order valence-electron chi connectivity index (χ3n) is 5.65. The molecule has 28 heavy (non-hydrogen) atoms. The van der Waals surface area contributed by atoms with Crippen LogP contribution in [0, 0.1) is 11.3 Å². The van der Waals surface area contributed by atoms with Crippen LogP contribution in [0.3, 0.4) is 0 Å². The molecule has 1 saturated heterocycles. The number of imide groups is 1. The molecule has 2 aromatic carbocycles. The van der Waals surface area contributed by atoms with E-state index in [1.54, 1.807) is 36.4 Å². The van der Waals surface area contributed by atoms with Crippen molar-refractivity contribution in [1.29, 1.82) is 5.26 Å². The number of carbonyl (C=O) groups is 2. The molecule has 2 aliphatic rings. The summed E-state index contributed by atoms with van der Waals surface area (Å²) in [5, 5.41) is 9.46. The summed E-state index contributed by atoms with van der Waals surface area (Å²) in [6.07, 6.45) is 0. The molecular weight excluding hydrogens is 355 g/mol. The zero-order valence-electron chi connectivity index (χ0n) is 16.1. The summed E-state index contributed by atoms with van der Waals surface area (Å²) >= 11 is 0. The van der Waals surface area contributed by atoms with Gasteiger partial charge in [0.05, 0.1) is 39.6 Å². The zero-order valence-corrected chi connectivity index (χ0v) is 16.1. The molecule has 0 aromatic heterocycles. The van der Waals surface area contributed by atoms with E-state index in [2.05, 4.69) is 6.07 Å². The molecule has 0 saturated carbocycles. The molecule has 1 fully saturated rings. The Morgan fingerprint density at radius 1 is 0.929 bits per heavy atom. The van der Waals surface area contributed by atoms with Crippen molar-refractivity contribution in [3.8, 4) is 6.07 Å². The lowest BCUT2D eigenvalue weighted by atomic mass is 9.78. The van der Waals surface area contributed by atoms with Gasteiger partial charge in [-0.15, -0.1) is 0 Å². The van der Waals surface area contributed by atoms with E-state index >= 15 is 0 Å². The van der Waals surface area contributed by atoms with E-state index < -0.39 is 30.1 Å². The van der Waals surface area contributed by atoms with Gasteiger partial charge in [-0.05, 0) is 63.5 Å². The fraction of sp³-hybridized carbons (Fsp3) is 0.286.